The molecule has 0 aromatic carbocycles. The van der Waals surface area contributed by atoms with Crippen molar-refractivity contribution in [3.63, 3.8) is 0 Å². The van der Waals surface area contributed by atoms with E-state index >= 15 is 0 Å². The van der Waals surface area contributed by atoms with E-state index in [-0.39, 0.29) is 36.0 Å². The Bertz CT molecular complexity index is 119. The van der Waals surface area contributed by atoms with Gasteiger partial charge in [-0.15, -0.1) is 0 Å². The molecule has 0 aliphatic rings. The fourth-order valence-electron chi connectivity index (χ4n) is 0.277. The molecule has 4 heteroatoms. The summed E-state index contributed by atoms with van der Waals surface area (Å²) in [6, 6.07) is 5.50. The van der Waals surface area contributed by atoms with Gasteiger partial charge in [-0.25, -0.2) is 0 Å². The molecule has 0 aliphatic heterocycles. The first kappa shape index (κ1) is 12.3. The molecule has 48 valence electrons. The number of nitrogens with zero attached hydrogens (tertiary/aromatic N) is 1. The van der Waals surface area contributed by atoms with Gasteiger partial charge in [0.25, 0.3) is 6.47 Å². The van der Waals surface area contributed by atoms with Crippen LogP contribution >= 0.6 is 0 Å². The predicted molar refractivity (Wildman–Crippen MR) is 31.8 cm³/mol. The maximum absolute atomic E-state index is 8.36. The van der Waals surface area contributed by atoms with Crippen molar-refractivity contribution in [3.8, 4) is 0 Å². The summed E-state index contributed by atoms with van der Waals surface area (Å²) in [4.78, 5) is 12.0. The molecule has 0 radical (unpaired) electrons. The van der Waals surface area contributed by atoms with E-state index in [0.717, 1.165) is 0 Å². The van der Waals surface area contributed by atoms with Crippen LogP contribution in [0, 0.1) is 6.20 Å². The van der Waals surface area contributed by atoms with Crippen LogP contribution in [0.1, 0.15) is 0 Å². The molecule has 10 heavy (non-hydrogen) atoms. The van der Waals surface area contributed by atoms with Crippen molar-refractivity contribution >= 4 is 6.47 Å². The molecular formula is C6H6NNaO2. The minimum absolute atomic E-state index is 0. The van der Waals surface area contributed by atoms with Crippen molar-refractivity contribution in [2.45, 2.75) is 0 Å². The van der Waals surface area contributed by atoms with Crippen molar-refractivity contribution in [2.24, 2.45) is 0 Å². The summed E-state index contributed by atoms with van der Waals surface area (Å²) in [7, 11) is 0. The zero-order valence-electron chi connectivity index (χ0n) is 5.69. The molecule has 0 saturated heterocycles. The van der Waals surface area contributed by atoms with E-state index in [4.69, 9.17) is 9.90 Å². The van der Waals surface area contributed by atoms with Crippen LogP contribution in [0.25, 0.3) is 0 Å². The molecule has 0 spiro atoms. The summed E-state index contributed by atoms with van der Waals surface area (Å²) in [6.07, 6.45) is 4.34. The van der Waals surface area contributed by atoms with Crippen LogP contribution < -0.4 is 29.6 Å². The van der Waals surface area contributed by atoms with E-state index in [1.165, 1.54) is 0 Å². The van der Waals surface area contributed by atoms with E-state index < -0.39 is 0 Å². The molecule has 1 N–H and O–H groups in total. The van der Waals surface area contributed by atoms with Gasteiger partial charge in [-0.05, 0) is 0 Å². The quantitative estimate of drug-likeness (QED) is 0.252. The SMILES string of the molecule is O=CO.[Na+].[c-]1ccccn1. The molecule has 0 saturated carbocycles. The van der Waals surface area contributed by atoms with Gasteiger partial charge >= 0.3 is 29.6 Å². The molecule has 0 amide bonds. The summed E-state index contributed by atoms with van der Waals surface area (Å²) >= 11 is 0. The summed E-state index contributed by atoms with van der Waals surface area (Å²) < 4.78 is 0. The number of aromatic nitrogens is 1. The topological polar surface area (TPSA) is 50.2 Å². The van der Waals surface area contributed by atoms with Gasteiger partial charge in [0.15, 0.2) is 0 Å². The fourth-order valence-corrected chi connectivity index (χ4v) is 0.277. The molecular weight excluding hydrogens is 141 g/mol. The van der Waals surface area contributed by atoms with Crippen molar-refractivity contribution in [2.75, 3.05) is 0 Å². The normalized spacial score (nSPS) is 6.00. The van der Waals surface area contributed by atoms with Gasteiger partial charge < -0.3 is 10.1 Å². The molecule has 1 heterocycles. The molecule has 3 nitrogen and oxygen atoms in total. The molecule has 0 fully saturated rings. The monoisotopic (exact) mass is 147 g/mol. The Morgan fingerprint density at radius 2 is 2.10 bits per heavy atom. The van der Waals surface area contributed by atoms with Crippen molar-refractivity contribution < 1.29 is 39.5 Å². The minimum Gasteiger partial charge on any atom is -0.483 e. The molecule has 1 aromatic rings. The molecule has 0 aliphatic carbocycles. The second-order valence-corrected chi connectivity index (χ2v) is 1.06. The van der Waals surface area contributed by atoms with Gasteiger partial charge in [-0.3, -0.25) is 4.79 Å². The Kier molecular flexibility index (Phi) is 14.1. The maximum Gasteiger partial charge on any atom is 1.00 e. The Morgan fingerprint density at radius 1 is 1.50 bits per heavy atom. The van der Waals surface area contributed by atoms with Crippen molar-refractivity contribution in [1.82, 2.24) is 4.98 Å². The number of rotatable bonds is 0. The van der Waals surface area contributed by atoms with E-state index in [1.807, 2.05) is 12.1 Å². The Labute approximate surface area is 81.4 Å². The third-order valence-corrected chi connectivity index (χ3v) is 0.517. The van der Waals surface area contributed by atoms with E-state index in [2.05, 4.69) is 11.2 Å². The third kappa shape index (κ3) is 10.6. The van der Waals surface area contributed by atoms with Crippen LogP contribution in [-0.4, -0.2) is 16.6 Å². The molecule has 0 bridgehead atoms. The van der Waals surface area contributed by atoms with Gasteiger partial charge in [-0.1, -0.05) is 12.4 Å². The first-order valence-corrected chi connectivity index (χ1v) is 2.26. The second-order valence-electron chi connectivity index (χ2n) is 1.06. The van der Waals surface area contributed by atoms with Gasteiger partial charge in [0, 0.05) is 0 Å². The molecule has 0 atom stereocenters. The van der Waals surface area contributed by atoms with Gasteiger partial charge in [0.05, 0.1) is 0 Å². The standard InChI is InChI=1S/C5H4N.CH2O2.Na/c1-2-4-6-5-3-1;2-1-3;/h1-4H;1H,(H,2,3);/q-1;;+1. The van der Waals surface area contributed by atoms with Crippen LogP contribution in [0.2, 0.25) is 0 Å². The summed E-state index contributed by atoms with van der Waals surface area (Å²) in [6.45, 7) is -0.250. The van der Waals surface area contributed by atoms with Crippen molar-refractivity contribution in [1.29, 1.82) is 0 Å². The molecule has 0 unspecified atom stereocenters. The minimum atomic E-state index is -0.250. The van der Waals surface area contributed by atoms with Crippen LogP contribution in [0.3, 0.4) is 0 Å². The molecule has 1 aromatic heterocycles. The number of hydrogen-bond donors (Lipinski definition) is 1. The van der Waals surface area contributed by atoms with Gasteiger partial charge in [-0.2, -0.15) is 18.2 Å². The first-order valence-electron chi connectivity index (χ1n) is 2.26. The Balaban J connectivity index is 0. The number of carbonyl (C=O) groups is 1. The van der Waals surface area contributed by atoms with E-state index in [9.17, 15) is 0 Å². The van der Waals surface area contributed by atoms with Crippen molar-refractivity contribution in [3.05, 3.63) is 30.6 Å². The average molecular weight is 147 g/mol. The van der Waals surface area contributed by atoms with Crippen LogP contribution in [0.15, 0.2) is 24.4 Å². The Hall–Kier alpha value is -0.380. The average Bonchev–Trinajstić information content (AvgIpc) is 1.93. The zero-order valence-corrected chi connectivity index (χ0v) is 7.69. The largest absolute Gasteiger partial charge is 1.00 e. The number of hydrogen-bond acceptors (Lipinski definition) is 2. The summed E-state index contributed by atoms with van der Waals surface area (Å²) in [5, 5.41) is 6.89. The third-order valence-electron chi connectivity index (χ3n) is 0.517. The smallest absolute Gasteiger partial charge is 0.483 e. The first-order chi connectivity index (χ1) is 4.41. The van der Waals surface area contributed by atoms with Gasteiger partial charge in [0.2, 0.25) is 0 Å². The predicted octanol–water partition coefficient (Wildman–Crippen LogP) is -2.41. The van der Waals surface area contributed by atoms with Crippen LogP contribution in [0.4, 0.5) is 0 Å². The fraction of sp³-hybridized carbons (Fsp3) is 0. The van der Waals surface area contributed by atoms with Crippen LogP contribution in [0.5, 0.6) is 0 Å². The van der Waals surface area contributed by atoms with Crippen LogP contribution in [-0.2, 0) is 4.79 Å². The summed E-state index contributed by atoms with van der Waals surface area (Å²) in [5.41, 5.74) is 0. The second kappa shape index (κ2) is 11.4. The molecule has 1 rings (SSSR count). The maximum atomic E-state index is 8.36. The van der Waals surface area contributed by atoms with Gasteiger partial charge in [0.1, 0.15) is 0 Å². The Morgan fingerprint density at radius 3 is 2.20 bits per heavy atom. The van der Waals surface area contributed by atoms with E-state index in [1.54, 1.807) is 12.3 Å². The zero-order chi connectivity index (χ0) is 6.95. The summed E-state index contributed by atoms with van der Waals surface area (Å²) in [5.74, 6) is 0. The van der Waals surface area contributed by atoms with E-state index in [0.29, 0.717) is 0 Å². The number of pyridine rings is 1. The number of carboxylic acid groups (broad SMARTS) is 1.